The molecule has 98 valence electrons. The van der Waals surface area contributed by atoms with Crippen molar-refractivity contribution in [2.75, 3.05) is 26.8 Å². The topological polar surface area (TPSA) is 49.8 Å². The lowest BCUT2D eigenvalue weighted by molar-refractivity contribution is 0.0362. The van der Waals surface area contributed by atoms with Crippen LogP contribution in [0.2, 0.25) is 10.0 Å². The maximum Gasteiger partial charge on any atom is 0.253 e. The number of nitrogens with zero attached hydrogens (tertiary/aromatic N) is 1. The Morgan fingerprint density at radius 3 is 2.44 bits per heavy atom. The molecule has 0 atom stereocenters. The van der Waals surface area contributed by atoms with Gasteiger partial charge in [0, 0.05) is 31.2 Å². The van der Waals surface area contributed by atoms with E-state index in [0.29, 0.717) is 34.4 Å². The SMILES string of the molecule is COc1c(Cl)cc(C(=O)N2CC(CO)C2)cc1Cl. The summed E-state index contributed by atoms with van der Waals surface area (Å²) in [5, 5.41) is 9.54. The van der Waals surface area contributed by atoms with E-state index in [-0.39, 0.29) is 18.4 Å². The van der Waals surface area contributed by atoms with Gasteiger partial charge >= 0.3 is 0 Å². The molecular formula is C12H13Cl2NO3. The number of ether oxygens (including phenoxy) is 1. The molecule has 6 heteroatoms. The van der Waals surface area contributed by atoms with Gasteiger partial charge in [0.15, 0.2) is 5.75 Å². The van der Waals surface area contributed by atoms with Gasteiger partial charge < -0.3 is 14.7 Å². The number of rotatable bonds is 3. The molecule has 0 saturated carbocycles. The minimum atomic E-state index is -0.133. The Bertz CT molecular complexity index is 449. The summed E-state index contributed by atoms with van der Waals surface area (Å²) in [5.41, 5.74) is 0.433. The zero-order valence-corrected chi connectivity index (χ0v) is 11.3. The van der Waals surface area contributed by atoms with Crippen LogP contribution in [0.25, 0.3) is 0 Å². The molecule has 1 fully saturated rings. The van der Waals surface area contributed by atoms with Crippen molar-refractivity contribution >= 4 is 29.1 Å². The number of aliphatic hydroxyl groups excluding tert-OH is 1. The van der Waals surface area contributed by atoms with E-state index >= 15 is 0 Å². The highest BCUT2D eigenvalue weighted by Gasteiger charge is 2.31. The van der Waals surface area contributed by atoms with E-state index in [1.54, 1.807) is 17.0 Å². The van der Waals surface area contributed by atoms with Crippen molar-refractivity contribution in [3.63, 3.8) is 0 Å². The molecule has 1 heterocycles. The third-order valence-corrected chi connectivity index (χ3v) is 3.51. The number of amides is 1. The number of benzene rings is 1. The van der Waals surface area contributed by atoms with Gasteiger partial charge in [-0.25, -0.2) is 0 Å². The summed E-state index contributed by atoms with van der Waals surface area (Å²) in [7, 11) is 1.47. The summed E-state index contributed by atoms with van der Waals surface area (Å²) in [4.78, 5) is 13.7. The summed E-state index contributed by atoms with van der Waals surface area (Å²) in [5.74, 6) is 0.413. The van der Waals surface area contributed by atoms with Crippen LogP contribution in [0.1, 0.15) is 10.4 Å². The van der Waals surface area contributed by atoms with Crippen LogP contribution in [-0.2, 0) is 0 Å². The second-order valence-electron chi connectivity index (χ2n) is 4.23. The Labute approximate surface area is 115 Å². The fourth-order valence-electron chi connectivity index (χ4n) is 1.91. The van der Waals surface area contributed by atoms with Gasteiger partial charge in [0.2, 0.25) is 0 Å². The van der Waals surface area contributed by atoms with Gasteiger partial charge in [-0.15, -0.1) is 0 Å². The van der Waals surface area contributed by atoms with E-state index in [4.69, 9.17) is 33.0 Å². The van der Waals surface area contributed by atoms with Crippen molar-refractivity contribution < 1.29 is 14.6 Å². The van der Waals surface area contributed by atoms with Crippen molar-refractivity contribution in [2.45, 2.75) is 0 Å². The van der Waals surface area contributed by atoms with Crippen LogP contribution < -0.4 is 4.74 Å². The smallest absolute Gasteiger partial charge is 0.253 e. The Balaban J connectivity index is 2.17. The summed E-state index contributed by atoms with van der Waals surface area (Å²) in [6.07, 6.45) is 0. The highest BCUT2D eigenvalue weighted by atomic mass is 35.5. The van der Waals surface area contributed by atoms with Gasteiger partial charge in [-0.2, -0.15) is 0 Å². The second kappa shape index (κ2) is 5.34. The summed E-state index contributed by atoms with van der Waals surface area (Å²) < 4.78 is 5.02. The molecule has 2 rings (SSSR count). The van der Waals surface area contributed by atoms with Gasteiger partial charge in [-0.1, -0.05) is 23.2 Å². The first-order valence-electron chi connectivity index (χ1n) is 5.50. The van der Waals surface area contributed by atoms with E-state index in [9.17, 15) is 4.79 Å². The van der Waals surface area contributed by atoms with Gasteiger partial charge in [0.05, 0.1) is 17.2 Å². The van der Waals surface area contributed by atoms with E-state index in [1.807, 2.05) is 0 Å². The number of carbonyl (C=O) groups is 1. The first kappa shape index (κ1) is 13.5. The number of halogens is 2. The fraction of sp³-hybridized carbons (Fsp3) is 0.417. The van der Waals surface area contributed by atoms with E-state index in [2.05, 4.69) is 0 Å². The van der Waals surface area contributed by atoms with Gasteiger partial charge in [0.1, 0.15) is 0 Å². The van der Waals surface area contributed by atoms with Crippen LogP contribution in [0.5, 0.6) is 5.75 Å². The highest BCUT2D eigenvalue weighted by Crippen LogP contribution is 2.34. The molecule has 0 radical (unpaired) electrons. The maximum atomic E-state index is 12.1. The zero-order chi connectivity index (χ0) is 13.3. The molecule has 4 nitrogen and oxygen atoms in total. The minimum absolute atomic E-state index is 0.105. The molecule has 1 N–H and O–H groups in total. The zero-order valence-electron chi connectivity index (χ0n) is 9.82. The quantitative estimate of drug-likeness (QED) is 0.927. The Morgan fingerprint density at radius 1 is 1.44 bits per heavy atom. The van der Waals surface area contributed by atoms with E-state index in [0.717, 1.165) is 0 Å². The molecule has 0 spiro atoms. The summed E-state index contributed by atoms with van der Waals surface area (Å²) in [6, 6.07) is 3.09. The largest absolute Gasteiger partial charge is 0.494 e. The molecule has 0 aromatic heterocycles. The van der Waals surface area contributed by atoms with Gasteiger partial charge in [-0.3, -0.25) is 4.79 Å². The lowest BCUT2D eigenvalue weighted by Crippen LogP contribution is -2.51. The normalized spacial score (nSPS) is 15.4. The first-order valence-corrected chi connectivity index (χ1v) is 6.25. The van der Waals surface area contributed by atoms with Crippen LogP contribution in [0.15, 0.2) is 12.1 Å². The monoisotopic (exact) mass is 289 g/mol. The van der Waals surface area contributed by atoms with Crippen LogP contribution in [-0.4, -0.2) is 42.7 Å². The van der Waals surface area contributed by atoms with Crippen molar-refractivity contribution in [3.05, 3.63) is 27.7 Å². The third kappa shape index (κ3) is 2.41. The fourth-order valence-corrected chi connectivity index (χ4v) is 2.55. The molecule has 0 unspecified atom stereocenters. The molecule has 0 bridgehead atoms. The molecule has 1 aliphatic rings. The lowest BCUT2D eigenvalue weighted by atomic mass is 10.00. The molecule has 1 aromatic rings. The molecule has 1 aromatic carbocycles. The maximum absolute atomic E-state index is 12.1. The van der Waals surface area contributed by atoms with Crippen LogP contribution >= 0.6 is 23.2 Å². The number of carbonyl (C=O) groups excluding carboxylic acids is 1. The Hall–Kier alpha value is -0.970. The molecular weight excluding hydrogens is 277 g/mol. The average molecular weight is 290 g/mol. The number of methoxy groups -OCH3 is 1. The Kier molecular flexibility index (Phi) is 4.00. The van der Waals surface area contributed by atoms with Crippen molar-refractivity contribution in [1.29, 1.82) is 0 Å². The molecule has 18 heavy (non-hydrogen) atoms. The Morgan fingerprint density at radius 2 is 2.00 bits per heavy atom. The number of hydrogen-bond acceptors (Lipinski definition) is 3. The van der Waals surface area contributed by atoms with Crippen molar-refractivity contribution in [2.24, 2.45) is 5.92 Å². The standard InChI is InChI=1S/C12H13Cl2NO3/c1-18-11-9(13)2-8(3-10(11)14)12(17)15-4-7(5-15)6-16/h2-3,7,16H,4-6H2,1H3. The van der Waals surface area contributed by atoms with Crippen molar-refractivity contribution in [1.82, 2.24) is 4.90 Å². The highest BCUT2D eigenvalue weighted by molar-refractivity contribution is 6.37. The second-order valence-corrected chi connectivity index (χ2v) is 5.05. The summed E-state index contributed by atoms with van der Waals surface area (Å²) in [6.45, 7) is 1.24. The first-order chi connectivity index (χ1) is 8.56. The summed E-state index contributed by atoms with van der Waals surface area (Å²) >= 11 is 12.0. The molecule has 1 amide bonds. The average Bonchev–Trinajstić information content (AvgIpc) is 2.27. The van der Waals surface area contributed by atoms with E-state index < -0.39 is 0 Å². The molecule has 1 aliphatic heterocycles. The predicted molar refractivity (Wildman–Crippen MR) is 69.5 cm³/mol. The van der Waals surface area contributed by atoms with Crippen LogP contribution in [0.3, 0.4) is 0 Å². The third-order valence-electron chi connectivity index (χ3n) is 2.95. The number of hydrogen-bond donors (Lipinski definition) is 1. The van der Waals surface area contributed by atoms with Gasteiger partial charge in [-0.05, 0) is 12.1 Å². The number of likely N-dealkylation sites (tertiary alicyclic amines) is 1. The van der Waals surface area contributed by atoms with E-state index in [1.165, 1.54) is 7.11 Å². The molecule has 0 aliphatic carbocycles. The van der Waals surface area contributed by atoms with Crippen molar-refractivity contribution in [3.8, 4) is 5.75 Å². The van der Waals surface area contributed by atoms with Crippen LogP contribution in [0, 0.1) is 5.92 Å². The number of aliphatic hydroxyl groups is 1. The predicted octanol–water partition coefficient (Wildman–Crippen LogP) is 2.07. The van der Waals surface area contributed by atoms with Crippen LogP contribution in [0.4, 0.5) is 0 Å². The lowest BCUT2D eigenvalue weighted by Gasteiger charge is -2.38. The molecule has 1 saturated heterocycles. The van der Waals surface area contributed by atoms with Gasteiger partial charge in [0.25, 0.3) is 5.91 Å². The minimum Gasteiger partial charge on any atom is -0.494 e.